The molecule has 10 heteroatoms. The number of benzene rings is 1. The maximum Gasteiger partial charge on any atom is 0.408 e. The number of hydrogen-bond donors (Lipinski definition) is 2. The predicted octanol–water partition coefficient (Wildman–Crippen LogP) is 0.173. The summed E-state index contributed by atoms with van der Waals surface area (Å²) in [7, 11) is 0. The highest BCUT2D eigenvalue weighted by Crippen LogP contribution is 2.33. The normalized spacial score (nSPS) is 25.1. The highest BCUT2D eigenvalue weighted by atomic mass is 16.7. The van der Waals surface area contributed by atoms with Gasteiger partial charge in [0.1, 0.15) is 19.3 Å². The molecule has 0 aromatic heterocycles. The third kappa shape index (κ3) is 3.31. The van der Waals surface area contributed by atoms with E-state index in [0.717, 1.165) is 5.56 Å². The maximum absolute atomic E-state index is 12.4. The van der Waals surface area contributed by atoms with E-state index in [1.54, 1.807) is 24.3 Å². The Labute approximate surface area is 147 Å². The number of nitrogens with zero attached hydrogens (tertiary/aromatic N) is 1. The zero-order valence-corrected chi connectivity index (χ0v) is 13.5. The van der Waals surface area contributed by atoms with Crippen molar-refractivity contribution >= 4 is 23.9 Å². The number of carboxylic acid groups (broad SMARTS) is 1. The molecule has 2 saturated heterocycles. The Morgan fingerprint density at radius 3 is 2.65 bits per heavy atom. The fourth-order valence-corrected chi connectivity index (χ4v) is 2.66. The summed E-state index contributed by atoms with van der Waals surface area (Å²) in [5.74, 6) is -3.11. The molecule has 2 fully saturated rings. The number of esters is 1. The van der Waals surface area contributed by atoms with Crippen molar-refractivity contribution in [1.29, 1.82) is 0 Å². The van der Waals surface area contributed by atoms with E-state index in [0.29, 0.717) is 5.06 Å². The summed E-state index contributed by atoms with van der Waals surface area (Å²) in [6.07, 6.45) is -1.25. The van der Waals surface area contributed by atoms with Gasteiger partial charge in [0.2, 0.25) is 0 Å². The molecule has 3 rings (SSSR count). The minimum Gasteiger partial charge on any atom is -0.477 e. The van der Waals surface area contributed by atoms with Crippen LogP contribution < -0.4 is 5.32 Å². The van der Waals surface area contributed by atoms with Crippen LogP contribution in [0, 0.1) is 0 Å². The van der Waals surface area contributed by atoms with Gasteiger partial charge in [-0.25, -0.2) is 9.59 Å². The molecule has 0 saturated carbocycles. The van der Waals surface area contributed by atoms with Gasteiger partial charge in [0.15, 0.2) is 0 Å². The van der Waals surface area contributed by atoms with Gasteiger partial charge in [-0.3, -0.25) is 14.4 Å². The predicted molar refractivity (Wildman–Crippen MR) is 82.0 cm³/mol. The molecule has 2 amide bonds. The van der Waals surface area contributed by atoms with Crippen LogP contribution in [0.1, 0.15) is 18.4 Å². The Morgan fingerprint density at radius 2 is 2.04 bits per heavy atom. The number of alkyl carbamates (subject to hydrolysis) is 1. The minimum atomic E-state index is -2.21. The molecule has 1 unspecified atom stereocenters. The molecule has 26 heavy (non-hydrogen) atoms. The number of hydrogen-bond acceptors (Lipinski definition) is 7. The van der Waals surface area contributed by atoms with Crippen molar-refractivity contribution in [3.05, 3.63) is 35.9 Å². The first-order valence-electron chi connectivity index (χ1n) is 7.82. The third-order valence-corrected chi connectivity index (χ3v) is 3.99. The highest BCUT2D eigenvalue weighted by Gasteiger charge is 2.59. The fraction of sp³-hybridized carbons (Fsp3) is 0.375. The van der Waals surface area contributed by atoms with Crippen molar-refractivity contribution in [1.82, 2.24) is 10.4 Å². The number of rotatable bonds is 5. The summed E-state index contributed by atoms with van der Waals surface area (Å²) >= 11 is 0. The number of carbonyl (C=O) groups excluding carboxylic acids is 3. The van der Waals surface area contributed by atoms with Crippen LogP contribution in [0.5, 0.6) is 0 Å². The third-order valence-electron chi connectivity index (χ3n) is 3.99. The Balaban J connectivity index is 1.59. The van der Waals surface area contributed by atoms with Crippen LogP contribution in [0.3, 0.4) is 0 Å². The minimum absolute atomic E-state index is 0.00876. The topological polar surface area (TPSA) is 131 Å². The Hall–Kier alpha value is -3.14. The molecule has 1 aromatic rings. The molecular weight excluding hydrogens is 348 g/mol. The molecule has 0 aliphatic carbocycles. The molecule has 2 heterocycles. The Morgan fingerprint density at radius 1 is 1.31 bits per heavy atom. The number of ether oxygens (including phenoxy) is 2. The second kappa shape index (κ2) is 7.00. The zero-order valence-electron chi connectivity index (χ0n) is 13.5. The number of aliphatic carboxylic acids is 1. The van der Waals surface area contributed by atoms with E-state index in [9.17, 15) is 24.3 Å². The summed E-state index contributed by atoms with van der Waals surface area (Å²) in [5, 5.41) is 12.2. The van der Waals surface area contributed by atoms with Gasteiger partial charge in [0.05, 0.1) is 6.42 Å². The van der Waals surface area contributed by atoms with Crippen molar-refractivity contribution in [2.24, 2.45) is 0 Å². The van der Waals surface area contributed by atoms with E-state index in [2.05, 4.69) is 5.32 Å². The quantitative estimate of drug-likeness (QED) is 0.707. The van der Waals surface area contributed by atoms with Crippen LogP contribution in [0.25, 0.3) is 0 Å². The van der Waals surface area contributed by atoms with Crippen LogP contribution in [-0.2, 0) is 35.3 Å². The van der Waals surface area contributed by atoms with Crippen LogP contribution in [0.2, 0.25) is 0 Å². The second-order valence-electron chi connectivity index (χ2n) is 5.75. The number of carbonyl (C=O) groups is 4. The number of nitrogens with one attached hydrogen (secondary N) is 1. The molecule has 138 valence electrons. The molecule has 2 N–H and O–H groups in total. The first-order valence-corrected chi connectivity index (χ1v) is 7.82. The molecule has 2 aliphatic rings. The molecule has 0 radical (unpaired) electrons. The van der Waals surface area contributed by atoms with E-state index in [1.165, 1.54) is 0 Å². The smallest absolute Gasteiger partial charge is 0.408 e. The fourth-order valence-electron chi connectivity index (χ4n) is 2.66. The van der Waals surface area contributed by atoms with Crippen molar-refractivity contribution in [2.75, 3.05) is 6.61 Å². The van der Waals surface area contributed by atoms with Crippen molar-refractivity contribution < 1.29 is 38.6 Å². The SMILES string of the molecule is O=C1CCC(C(=O)O)(N2OC[C@H](NC(=O)OCc3ccccc3)C2=O)O1. The van der Waals surface area contributed by atoms with Gasteiger partial charge in [-0.2, -0.15) is 5.06 Å². The number of amides is 2. The average Bonchev–Trinajstić information content (AvgIpc) is 3.18. The summed E-state index contributed by atoms with van der Waals surface area (Å²) in [6, 6.07) is 7.79. The van der Waals surface area contributed by atoms with Crippen molar-refractivity contribution in [2.45, 2.75) is 31.2 Å². The van der Waals surface area contributed by atoms with Gasteiger partial charge in [0, 0.05) is 6.42 Å². The van der Waals surface area contributed by atoms with E-state index in [1.807, 2.05) is 6.07 Å². The van der Waals surface area contributed by atoms with Gasteiger partial charge in [0.25, 0.3) is 5.91 Å². The van der Waals surface area contributed by atoms with Crippen molar-refractivity contribution in [3.8, 4) is 0 Å². The summed E-state index contributed by atoms with van der Waals surface area (Å²) in [5.41, 5.74) is -1.44. The van der Waals surface area contributed by atoms with Crippen molar-refractivity contribution in [3.63, 3.8) is 0 Å². The van der Waals surface area contributed by atoms with Gasteiger partial charge in [-0.05, 0) is 5.56 Å². The molecule has 0 bridgehead atoms. The lowest BCUT2D eigenvalue weighted by Gasteiger charge is -2.30. The van der Waals surface area contributed by atoms with E-state index in [-0.39, 0.29) is 26.1 Å². The molecule has 0 spiro atoms. The molecule has 2 atom stereocenters. The highest BCUT2D eigenvalue weighted by molar-refractivity contribution is 5.93. The summed E-state index contributed by atoms with van der Waals surface area (Å²) < 4.78 is 9.83. The van der Waals surface area contributed by atoms with E-state index < -0.39 is 35.7 Å². The van der Waals surface area contributed by atoms with E-state index in [4.69, 9.17) is 14.3 Å². The maximum atomic E-state index is 12.4. The molecule has 1 aromatic carbocycles. The first kappa shape index (κ1) is 17.7. The number of cyclic esters (lactones) is 1. The van der Waals surface area contributed by atoms with Crippen LogP contribution in [0.4, 0.5) is 4.79 Å². The monoisotopic (exact) mass is 364 g/mol. The summed E-state index contributed by atoms with van der Waals surface area (Å²) in [4.78, 5) is 52.2. The lowest BCUT2D eigenvalue weighted by molar-refractivity contribution is -0.256. The van der Waals surface area contributed by atoms with Crippen LogP contribution in [-0.4, -0.2) is 52.5 Å². The van der Waals surface area contributed by atoms with Crippen LogP contribution >= 0.6 is 0 Å². The molecular formula is C16H16N2O8. The molecule has 2 aliphatic heterocycles. The van der Waals surface area contributed by atoms with Crippen LogP contribution in [0.15, 0.2) is 30.3 Å². The van der Waals surface area contributed by atoms with Gasteiger partial charge in [-0.15, -0.1) is 0 Å². The Kier molecular flexibility index (Phi) is 4.76. The van der Waals surface area contributed by atoms with E-state index >= 15 is 0 Å². The van der Waals surface area contributed by atoms with Gasteiger partial charge in [-0.1, -0.05) is 30.3 Å². The lowest BCUT2D eigenvalue weighted by Crippen LogP contribution is -2.56. The van der Waals surface area contributed by atoms with Gasteiger partial charge < -0.3 is 19.9 Å². The number of carboxylic acids is 1. The zero-order chi connectivity index (χ0) is 18.7. The lowest BCUT2D eigenvalue weighted by atomic mass is 10.1. The first-order chi connectivity index (χ1) is 12.4. The van der Waals surface area contributed by atoms with Gasteiger partial charge >= 0.3 is 23.8 Å². The second-order valence-corrected chi connectivity index (χ2v) is 5.75. The Bertz CT molecular complexity index is 737. The largest absolute Gasteiger partial charge is 0.477 e. The molecule has 10 nitrogen and oxygen atoms in total. The standard InChI is InChI=1S/C16H16N2O8/c19-12-6-7-16(26-12,14(21)22)18-13(20)11(9-25-18)17-15(23)24-8-10-4-2-1-3-5-10/h1-5,11H,6-9H2,(H,17,23)(H,21,22)/t11-,16?/m0/s1. The number of hydroxylamine groups is 2. The summed E-state index contributed by atoms with van der Waals surface area (Å²) in [6.45, 7) is -0.291. The average molecular weight is 364 g/mol.